The Balaban J connectivity index is 2.21. The van der Waals surface area contributed by atoms with Crippen LogP contribution in [0.3, 0.4) is 0 Å². The summed E-state index contributed by atoms with van der Waals surface area (Å²) in [5.41, 5.74) is 2.69. The van der Waals surface area contributed by atoms with Gasteiger partial charge in [-0.1, -0.05) is 37.6 Å². The Hall–Kier alpha value is -1.89. The minimum Gasteiger partial charge on any atom is -0.191 e. The van der Waals surface area contributed by atoms with Crippen LogP contribution in [0.4, 0.5) is 0 Å². The summed E-state index contributed by atoms with van der Waals surface area (Å²) in [7, 11) is 0. The Labute approximate surface area is 114 Å². The zero-order valence-corrected chi connectivity index (χ0v) is 11.5. The maximum Gasteiger partial charge on any atom is 0.212 e. The average molecular weight is 250 g/mol. The third kappa shape index (κ3) is 2.33. The van der Waals surface area contributed by atoms with E-state index in [1.807, 2.05) is 0 Å². The fraction of sp³-hybridized carbons (Fsp3) is 0.278. The van der Waals surface area contributed by atoms with Gasteiger partial charge in [0.15, 0.2) is 0 Å². The van der Waals surface area contributed by atoms with Crippen LogP contribution in [0.5, 0.6) is 0 Å². The highest BCUT2D eigenvalue weighted by atomic mass is 15.0. The topological polar surface area (TPSA) is 3.88 Å². The number of fused-ring (bicyclic) bond motifs is 2. The first-order valence-electron chi connectivity index (χ1n) is 7.20. The first-order valence-corrected chi connectivity index (χ1v) is 7.20. The molecule has 19 heavy (non-hydrogen) atoms. The van der Waals surface area contributed by atoms with Gasteiger partial charge in [0, 0.05) is 29.3 Å². The maximum atomic E-state index is 2.47. The lowest BCUT2D eigenvalue weighted by Gasteiger charge is -2.05. The van der Waals surface area contributed by atoms with Gasteiger partial charge in [-0.05, 0) is 24.6 Å². The summed E-state index contributed by atoms with van der Waals surface area (Å²) in [6.45, 7) is 3.36. The second-order valence-electron chi connectivity index (χ2n) is 5.12. The first kappa shape index (κ1) is 12.2. The van der Waals surface area contributed by atoms with Crippen LogP contribution >= 0.6 is 0 Å². The van der Waals surface area contributed by atoms with Crippen molar-refractivity contribution in [2.24, 2.45) is 0 Å². The lowest BCUT2D eigenvalue weighted by molar-refractivity contribution is -0.645. The SMILES string of the molecule is CCCCC[n+]1c2ccccc2cc2ccccc21. The van der Waals surface area contributed by atoms with Crippen LogP contribution in [-0.2, 0) is 6.54 Å². The standard InChI is InChI=1S/C18H20N/c1-2-3-8-13-19-17-11-6-4-9-15(17)14-16-10-5-7-12-18(16)19/h4-7,9-12,14H,2-3,8,13H2,1H3/q+1. The molecular formula is C18H20N+. The van der Waals surface area contributed by atoms with Crippen LogP contribution in [0.25, 0.3) is 21.8 Å². The molecule has 1 nitrogen and oxygen atoms in total. The fourth-order valence-electron chi connectivity index (χ4n) is 2.77. The molecule has 0 radical (unpaired) electrons. The molecule has 0 aliphatic heterocycles. The Kier molecular flexibility index (Phi) is 3.45. The smallest absolute Gasteiger partial charge is 0.191 e. The number of rotatable bonds is 4. The summed E-state index contributed by atoms with van der Waals surface area (Å²) in [6.07, 6.45) is 3.81. The van der Waals surface area contributed by atoms with E-state index < -0.39 is 0 Å². The molecule has 96 valence electrons. The molecule has 0 atom stereocenters. The number of nitrogens with zero attached hydrogens (tertiary/aromatic N) is 1. The molecule has 0 N–H and O–H groups in total. The molecule has 0 aliphatic rings. The third-order valence-corrected chi connectivity index (χ3v) is 3.75. The maximum absolute atomic E-state index is 2.47. The van der Waals surface area contributed by atoms with E-state index in [9.17, 15) is 0 Å². The van der Waals surface area contributed by atoms with E-state index in [0.29, 0.717) is 0 Å². The van der Waals surface area contributed by atoms with Gasteiger partial charge >= 0.3 is 0 Å². The van der Waals surface area contributed by atoms with Gasteiger partial charge in [-0.3, -0.25) is 0 Å². The number of aryl methyl sites for hydroxylation is 1. The van der Waals surface area contributed by atoms with Gasteiger partial charge in [-0.25, -0.2) is 0 Å². The molecule has 3 aromatic rings. The first-order chi connectivity index (χ1) is 9.40. The van der Waals surface area contributed by atoms with E-state index in [2.05, 4.69) is 66.1 Å². The van der Waals surface area contributed by atoms with Crippen LogP contribution in [0.1, 0.15) is 26.2 Å². The Bertz CT molecular complexity index is 646. The van der Waals surface area contributed by atoms with Gasteiger partial charge in [0.25, 0.3) is 0 Å². The summed E-state index contributed by atoms with van der Waals surface area (Å²) >= 11 is 0. The van der Waals surface area contributed by atoms with Crippen molar-refractivity contribution in [3.63, 3.8) is 0 Å². The van der Waals surface area contributed by atoms with Crippen LogP contribution < -0.4 is 4.57 Å². The normalized spacial score (nSPS) is 11.2. The summed E-state index contributed by atoms with van der Waals surface area (Å²) in [4.78, 5) is 0. The highest BCUT2D eigenvalue weighted by molar-refractivity contribution is 5.88. The summed E-state index contributed by atoms with van der Waals surface area (Å²) < 4.78 is 2.47. The summed E-state index contributed by atoms with van der Waals surface area (Å²) in [5.74, 6) is 0. The monoisotopic (exact) mass is 250 g/mol. The Morgan fingerprint density at radius 3 is 1.95 bits per heavy atom. The lowest BCUT2D eigenvalue weighted by atomic mass is 10.1. The largest absolute Gasteiger partial charge is 0.212 e. The Morgan fingerprint density at radius 1 is 0.789 bits per heavy atom. The molecular weight excluding hydrogens is 230 g/mol. The lowest BCUT2D eigenvalue weighted by Crippen LogP contribution is -2.35. The van der Waals surface area contributed by atoms with E-state index in [4.69, 9.17) is 0 Å². The molecule has 3 rings (SSSR count). The molecule has 0 amide bonds. The van der Waals surface area contributed by atoms with Crippen molar-refractivity contribution < 1.29 is 4.57 Å². The van der Waals surface area contributed by atoms with Crippen LogP contribution in [-0.4, -0.2) is 0 Å². The number of unbranched alkanes of at least 4 members (excludes halogenated alkanes) is 2. The molecule has 0 unspecified atom stereocenters. The quantitative estimate of drug-likeness (QED) is 0.365. The second-order valence-corrected chi connectivity index (χ2v) is 5.12. The predicted molar refractivity (Wildman–Crippen MR) is 81.2 cm³/mol. The van der Waals surface area contributed by atoms with E-state index in [1.165, 1.54) is 41.1 Å². The van der Waals surface area contributed by atoms with Crippen molar-refractivity contribution in [3.05, 3.63) is 54.6 Å². The van der Waals surface area contributed by atoms with Crippen molar-refractivity contribution in [2.45, 2.75) is 32.7 Å². The van der Waals surface area contributed by atoms with Crippen LogP contribution in [0.2, 0.25) is 0 Å². The van der Waals surface area contributed by atoms with E-state index in [1.54, 1.807) is 0 Å². The highest BCUT2D eigenvalue weighted by Crippen LogP contribution is 2.18. The van der Waals surface area contributed by atoms with Gasteiger partial charge in [0.1, 0.15) is 6.54 Å². The number of pyridine rings is 1. The van der Waals surface area contributed by atoms with Crippen LogP contribution in [0, 0.1) is 0 Å². The highest BCUT2D eigenvalue weighted by Gasteiger charge is 2.13. The van der Waals surface area contributed by atoms with E-state index >= 15 is 0 Å². The summed E-state index contributed by atoms with van der Waals surface area (Å²) in [6, 6.07) is 19.7. The van der Waals surface area contributed by atoms with Crippen molar-refractivity contribution in [3.8, 4) is 0 Å². The molecule has 1 heterocycles. The number of benzene rings is 2. The van der Waals surface area contributed by atoms with E-state index in [0.717, 1.165) is 6.54 Å². The van der Waals surface area contributed by atoms with Crippen molar-refractivity contribution in [1.82, 2.24) is 0 Å². The minimum atomic E-state index is 1.11. The van der Waals surface area contributed by atoms with Crippen LogP contribution in [0.15, 0.2) is 54.6 Å². The molecule has 1 heteroatoms. The molecule has 0 saturated carbocycles. The number of hydrogen-bond acceptors (Lipinski definition) is 0. The van der Waals surface area contributed by atoms with Crippen molar-refractivity contribution in [2.75, 3.05) is 0 Å². The number of para-hydroxylation sites is 2. The zero-order chi connectivity index (χ0) is 13.1. The predicted octanol–water partition coefficient (Wildman–Crippen LogP) is 4.47. The zero-order valence-electron chi connectivity index (χ0n) is 11.5. The molecule has 0 fully saturated rings. The molecule has 2 aromatic carbocycles. The fourth-order valence-corrected chi connectivity index (χ4v) is 2.77. The Morgan fingerprint density at radius 2 is 1.37 bits per heavy atom. The second kappa shape index (κ2) is 5.40. The van der Waals surface area contributed by atoms with Gasteiger partial charge < -0.3 is 0 Å². The molecule has 0 aliphatic carbocycles. The minimum absolute atomic E-state index is 1.11. The summed E-state index contributed by atoms with van der Waals surface area (Å²) in [5, 5.41) is 2.66. The number of hydrogen-bond donors (Lipinski definition) is 0. The third-order valence-electron chi connectivity index (χ3n) is 3.75. The van der Waals surface area contributed by atoms with Crippen molar-refractivity contribution in [1.29, 1.82) is 0 Å². The van der Waals surface area contributed by atoms with E-state index in [-0.39, 0.29) is 0 Å². The van der Waals surface area contributed by atoms with Gasteiger partial charge in [-0.15, -0.1) is 0 Å². The van der Waals surface area contributed by atoms with Gasteiger partial charge in [-0.2, -0.15) is 4.57 Å². The number of aromatic nitrogens is 1. The van der Waals surface area contributed by atoms with Crippen molar-refractivity contribution >= 4 is 21.8 Å². The molecule has 1 aromatic heterocycles. The molecule has 0 spiro atoms. The average Bonchev–Trinajstić information content (AvgIpc) is 2.46. The molecule has 0 saturated heterocycles. The van der Waals surface area contributed by atoms with Gasteiger partial charge in [0.05, 0.1) is 0 Å². The van der Waals surface area contributed by atoms with Gasteiger partial charge in [0.2, 0.25) is 11.0 Å². The molecule has 0 bridgehead atoms.